The molecule has 5 nitrogen and oxygen atoms in total. The molecule has 1 aromatic heterocycles. The minimum atomic E-state index is -3.93. The number of halogens is 1. The van der Waals surface area contributed by atoms with E-state index in [0.717, 1.165) is 0 Å². The van der Waals surface area contributed by atoms with Crippen LogP contribution in [0.3, 0.4) is 0 Å². The first kappa shape index (κ1) is 15.5. The molecule has 0 unspecified atom stereocenters. The molecule has 110 valence electrons. The van der Waals surface area contributed by atoms with Gasteiger partial charge in [-0.1, -0.05) is 11.6 Å². The van der Waals surface area contributed by atoms with Gasteiger partial charge in [0.2, 0.25) is 0 Å². The predicted octanol–water partition coefficient (Wildman–Crippen LogP) is 2.47. The number of amides is 1. The van der Waals surface area contributed by atoms with E-state index >= 15 is 0 Å². The summed E-state index contributed by atoms with van der Waals surface area (Å²) in [6.07, 6.45) is 1.53. The highest BCUT2D eigenvalue weighted by Crippen LogP contribution is 2.15. The molecule has 1 heterocycles. The van der Waals surface area contributed by atoms with Crippen molar-refractivity contribution >= 4 is 27.5 Å². The number of hydrogen-bond donors (Lipinski definition) is 1. The number of pyridine rings is 1. The largest absolute Gasteiger partial charge is 0.268 e. The van der Waals surface area contributed by atoms with Gasteiger partial charge in [0.05, 0.1) is 4.90 Å². The maximum atomic E-state index is 12.1. The summed E-state index contributed by atoms with van der Waals surface area (Å²) >= 11 is 5.71. The molecule has 1 amide bonds. The summed E-state index contributed by atoms with van der Waals surface area (Å²) < 4.78 is 26.3. The van der Waals surface area contributed by atoms with Crippen molar-refractivity contribution in [2.45, 2.75) is 18.7 Å². The van der Waals surface area contributed by atoms with Crippen molar-refractivity contribution in [2.75, 3.05) is 0 Å². The number of benzene rings is 1. The molecular formula is C14H13ClN2O3S. The van der Waals surface area contributed by atoms with Crippen molar-refractivity contribution in [1.82, 2.24) is 9.71 Å². The molecule has 0 aliphatic rings. The Hall–Kier alpha value is -1.92. The number of rotatable bonds is 3. The van der Waals surface area contributed by atoms with E-state index in [9.17, 15) is 13.2 Å². The summed E-state index contributed by atoms with van der Waals surface area (Å²) in [5, 5.41) is 0.417. The lowest BCUT2D eigenvalue weighted by molar-refractivity contribution is 0.0980. The number of carbonyl (C=O) groups excluding carboxylic acids is 1. The number of nitrogens with zero attached hydrogens (tertiary/aromatic N) is 1. The van der Waals surface area contributed by atoms with Crippen molar-refractivity contribution in [2.24, 2.45) is 0 Å². The first-order valence-corrected chi connectivity index (χ1v) is 7.92. The zero-order chi connectivity index (χ0) is 15.6. The second-order valence-corrected chi connectivity index (χ2v) is 6.65. The lowest BCUT2D eigenvalue weighted by Crippen LogP contribution is -2.31. The molecule has 2 rings (SSSR count). The minimum Gasteiger partial charge on any atom is -0.268 e. The van der Waals surface area contributed by atoms with Gasteiger partial charge >= 0.3 is 0 Å². The van der Waals surface area contributed by atoms with Crippen LogP contribution in [0.5, 0.6) is 0 Å². The molecule has 0 saturated carbocycles. The standard InChI is InChI=1S/C14H13ClN2O3S/c1-9-8-16-10(2)7-13(9)14(18)17-21(19,20)12-5-3-11(15)4-6-12/h3-8H,1-2H3,(H,17,18). The van der Waals surface area contributed by atoms with Crippen LogP contribution < -0.4 is 4.72 Å². The Morgan fingerprint density at radius 1 is 1.19 bits per heavy atom. The Balaban J connectivity index is 2.30. The summed E-state index contributed by atoms with van der Waals surface area (Å²) in [4.78, 5) is 16.1. The zero-order valence-corrected chi connectivity index (χ0v) is 13.0. The number of carbonyl (C=O) groups is 1. The second kappa shape index (κ2) is 5.83. The minimum absolute atomic E-state index is 0.0244. The molecule has 0 radical (unpaired) electrons. The third kappa shape index (κ3) is 3.59. The quantitative estimate of drug-likeness (QED) is 0.941. The summed E-state index contributed by atoms with van der Waals surface area (Å²) in [6, 6.07) is 7.11. The van der Waals surface area contributed by atoms with Crippen molar-refractivity contribution in [1.29, 1.82) is 0 Å². The average molecular weight is 325 g/mol. The number of aromatic nitrogens is 1. The molecule has 21 heavy (non-hydrogen) atoms. The molecule has 0 bridgehead atoms. The predicted molar refractivity (Wildman–Crippen MR) is 79.8 cm³/mol. The lowest BCUT2D eigenvalue weighted by Gasteiger charge is -2.09. The van der Waals surface area contributed by atoms with E-state index in [1.807, 2.05) is 4.72 Å². The molecule has 7 heteroatoms. The summed E-state index contributed by atoms with van der Waals surface area (Å²) in [6.45, 7) is 3.42. The summed E-state index contributed by atoms with van der Waals surface area (Å²) in [7, 11) is -3.93. The fourth-order valence-corrected chi connectivity index (χ4v) is 2.81. The van der Waals surface area contributed by atoms with Crippen molar-refractivity contribution in [3.05, 3.63) is 58.4 Å². The number of sulfonamides is 1. The van der Waals surface area contributed by atoms with E-state index in [1.54, 1.807) is 19.9 Å². The Labute approximate surface area is 128 Å². The van der Waals surface area contributed by atoms with Crippen LogP contribution in [-0.2, 0) is 10.0 Å². The summed E-state index contributed by atoms with van der Waals surface area (Å²) in [5.41, 5.74) is 1.51. The highest BCUT2D eigenvalue weighted by molar-refractivity contribution is 7.90. The van der Waals surface area contributed by atoms with Gasteiger partial charge in [-0.05, 0) is 49.7 Å². The SMILES string of the molecule is Cc1cc(C(=O)NS(=O)(=O)c2ccc(Cl)cc2)c(C)cn1. The van der Waals surface area contributed by atoms with Crippen LogP contribution in [0, 0.1) is 13.8 Å². The molecule has 1 N–H and O–H groups in total. The van der Waals surface area contributed by atoms with Gasteiger partial charge < -0.3 is 0 Å². The average Bonchev–Trinajstić information content (AvgIpc) is 2.41. The summed E-state index contributed by atoms with van der Waals surface area (Å²) in [5.74, 6) is -0.687. The topological polar surface area (TPSA) is 76.1 Å². The van der Waals surface area contributed by atoms with Gasteiger partial charge in [-0.2, -0.15) is 0 Å². The van der Waals surface area contributed by atoms with E-state index in [1.165, 1.54) is 30.5 Å². The van der Waals surface area contributed by atoms with Crippen LogP contribution in [0.1, 0.15) is 21.6 Å². The molecule has 1 aromatic carbocycles. The molecule has 2 aromatic rings. The Morgan fingerprint density at radius 3 is 2.43 bits per heavy atom. The first-order chi connectivity index (χ1) is 9.79. The Kier molecular flexibility index (Phi) is 4.29. The van der Waals surface area contributed by atoms with Crippen LogP contribution in [-0.4, -0.2) is 19.3 Å². The van der Waals surface area contributed by atoms with Gasteiger partial charge in [-0.25, -0.2) is 13.1 Å². The Bertz CT molecular complexity index is 786. The van der Waals surface area contributed by atoms with E-state index in [4.69, 9.17) is 11.6 Å². The van der Waals surface area contributed by atoms with Gasteiger partial charge in [0.1, 0.15) is 0 Å². The van der Waals surface area contributed by atoms with Crippen LogP contribution in [0.15, 0.2) is 41.4 Å². The number of aryl methyl sites for hydroxylation is 2. The highest BCUT2D eigenvalue weighted by atomic mass is 35.5. The zero-order valence-electron chi connectivity index (χ0n) is 11.4. The smallest absolute Gasteiger partial charge is 0.265 e. The van der Waals surface area contributed by atoms with Gasteiger partial charge in [0.25, 0.3) is 15.9 Å². The van der Waals surface area contributed by atoms with Crippen LogP contribution in [0.4, 0.5) is 0 Å². The van der Waals surface area contributed by atoms with Crippen molar-refractivity contribution in [3.63, 3.8) is 0 Å². The van der Waals surface area contributed by atoms with Gasteiger partial charge in [0, 0.05) is 22.5 Å². The lowest BCUT2D eigenvalue weighted by atomic mass is 10.1. The van der Waals surface area contributed by atoms with Crippen molar-refractivity contribution < 1.29 is 13.2 Å². The van der Waals surface area contributed by atoms with E-state index in [0.29, 0.717) is 16.3 Å². The van der Waals surface area contributed by atoms with Gasteiger partial charge in [-0.15, -0.1) is 0 Å². The Morgan fingerprint density at radius 2 is 1.81 bits per heavy atom. The molecule has 0 aliphatic heterocycles. The molecule has 0 atom stereocenters. The maximum Gasteiger partial charge on any atom is 0.265 e. The van der Waals surface area contributed by atoms with Crippen molar-refractivity contribution in [3.8, 4) is 0 Å². The molecule has 0 saturated heterocycles. The fourth-order valence-electron chi connectivity index (χ4n) is 1.72. The second-order valence-electron chi connectivity index (χ2n) is 4.53. The third-order valence-electron chi connectivity index (χ3n) is 2.84. The van der Waals surface area contributed by atoms with Crippen LogP contribution in [0.2, 0.25) is 5.02 Å². The fraction of sp³-hybridized carbons (Fsp3) is 0.143. The first-order valence-electron chi connectivity index (χ1n) is 6.05. The molecule has 0 spiro atoms. The van der Waals surface area contributed by atoms with E-state index < -0.39 is 15.9 Å². The highest BCUT2D eigenvalue weighted by Gasteiger charge is 2.20. The third-order valence-corrected chi connectivity index (χ3v) is 4.43. The monoisotopic (exact) mass is 324 g/mol. The maximum absolute atomic E-state index is 12.1. The van der Waals surface area contributed by atoms with Crippen LogP contribution in [0.25, 0.3) is 0 Å². The van der Waals surface area contributed by atoms with E-state index in [2.05, 4.69) is 4.98 Å². The normalized spacial score (nSPS) is 11.2. The van der Waals surface area contributed by atoms with E-state index in [-0.39, 0.29) is 10.5 Å². The van der Waals surface area contributed by atoms with Crippen LogP contribution >= 0.6 is 11.6 Å². The van der Waals surface area contributed by atoms with Gasteiger partial charge in [-0.3, -0.25) is 9.78 Å². The molecular weight excluding hydrogens is 312 g/mol. The molecule has 0 aliphatic carbocycles. The van der Waals surface area contributed by atoms with Gasteiger partial charge in [0.15, 0.2) is 0 Å². The number of hydrogen-bond acceptors (Lipinski definition) is 4. The number of nitrogens with one attached hydrogen (secondary N) is 1. The molecule has 0 fully saturated rings.